The first-order valence-electron chi connectivity index (χ1n) is 9.94. The molecule has 0 aliphatic heterocycles. The third-order valence-electron chi connectivity index (χ3n) is 5.11. The smallest absolute Gasteiger partial charge is 0.271 e. The van der Waals surface area contributed by atoms with Gasteiger partial charge < -0.3 is 14.9 Å². The molecule has 0 spiro atoms. The summed E-state index contributed by atoms with van der Waals surface area (Å²) in [6, 6.07) is 19.5. The summed E-state index contributed by atoms with van der Waals surface area (Å²) in [5.74, 6) is -0.473. The lowest BCUT2D eigenvalue weighted by molar-refractivity contribution is -0.384. The van der Waals surface area contributed by atoms with Crippen molar-refractivity contribution in [1.29, 1.82) is 5.26 Å². The molecule has 4 rings (SSSR count). The number of H-pyrrole nitrogens is 1. The van der Waals surface area contributed by atoms with Gasteiger partial charge in [-0.3, -0.25) is 14.9 Å². The first-order valence-corrected chi connectivity index (χ1v) is 9.94. The van der Waals surface area contributed by atoms with E-state index in [1.54, 1.807) is 35.0 Å². The van der Waals surface area contributed by atoms with E-state index in [0.29, 0.717) is 24.3 Å². The van der Waals surface area contributed by atoms with Crippen LogP contribution < -0.4 is 5.32 Å². The van der Waals surface area contributed by atoms with Crippen LogP contribution in [0.2, 0.25) is 0 Å². The molecule has 0 aliphatic carbocycles. The van der Waals surface area contributed by atoms with Crippen LogP contribution in [0.15, 0.2) is 78.6 Å². The SMILES string of the molecule is N#C/C(=C/c1cccn1-c1cccc([N+](=O)[O-])c1)C(=O)NCCc1c[nH]c2ccccc12. The van der Waals surface area contributed by atoms with Gasteiger partial charge in [-0.2, -0.15) is 5.26 Å². The normalized spacial score (nSPS) is 11.3. The number of benzene rings is 2. The number of hydrogen-bond acceptors (Lipinski definition) is 4. The van der Waals surface area contributed by atoms with Crippen LogP contribution in [-0.2, 0) is 11.2 Å². The van der Waals surface area contributed by atoms with Crippen LogP contribution in [0.1, 0.15) is 11.3 Å². The lowest BCUT2D eigenvalue weighted by Gasteiger charge is -2.08. The third kappa shape index (κ3) is 4.27. The van der Waals surface area contributed by atoms with Crippen molar-refractivity contribution in [3.8, 4) is 11.8 Å². The molecular formula is C24H19N5O3. The van der Waals surface area contributed by atoms with Crippen molar-refractivity contribution in [1.82, 2.24) is 14.9 Å². The average Bonchev–Trinajstić information content (AvgIpc) is 3.44. The maximum Gasteiger partial charge on any atom is 0.271 e. The zero-order valence-corrected chi connectivity index (χ0v) is 17.0. The van der Waals surface area contributed by atoms with E-state index >= 15 is 0 Å². The van der Waals surface area contributed by atoms with Crippen LogP contribution in [0.25, 0.3) is 22.7 Å². The van der Waals surface area contributed by atoms with Gasteiger partial charge in [-0.1, -0.05) is 24.3 Å². The molecule has 1 amide bonds. The monoisotopic (exact) mass is 425 g/mol. The zero-order valence-electron chi connectivity index (χ0n) is 17.0. The average molecular weight is 425 g/mol. The Balaban J connectivity index is 1.48. The van der Waals surface area contributed by atoms with Gasteiger partial charge in [-0.15, -0.1) is 0 Å². The summed E-state index contributed by atoms with van der Waals surface area (Å²) in [4.78, 5) is 26.4. The molecule has 2 aromatic carbocycles. The second-order valence-electron chi connectivity index (χ2n) is 7.12. The van der Waals surface area contributed by atoms with Gasteiger partial charge in [0.15, 0.2) is 0 Å². The van der Waals surface area contributed by atoms with Gasteiger partial charge in [0.2, 0.25) is 0 Å². The molecule has 8 heteroatoms. The number of nitriles is 1. The van der Waals surface area contributed by atoms with Gasteiger partial charge >= 0.3 is 0 Å². The lowest BCUT2D eigenvalue weighted by atomic mass is 10.1. The van der Waals surface area contributed by atoms with Crippen LogP contribution in [0.4, 0.5) is 5.69 Å². The maximum absolute atomic E-state index is 12.6. The number of para-hydroxylation sites is 1. The Labute approximate surface area is 183 Å². The molecule has 8 nitrogen and oxygen atoms in total. The fraction of sp³-hybridized carbons (Fsp3) is 0.0833. The van der Waals surface area contributed by atoms with Crippen LogP contribution in [0.5, 0.6) is 0 Å². The zero-order chi connectivity index (χ0) is 22.5. The Morgan fingerprint density at radius 1 is 1.19 bits per heavy atom. The van der Waals surface area contributed by atoms with Crippen molar-refractivity contribution < 1.29 is 9.72 Å². The Morgan fingerprint density at radius 2 is 2.03 bits per heavy atom. The molecule has 32 heavy (non-hydrogen) atoms. The predicted octanol–water partition coefficient (Wildman–Crippen LogP) is 4.13. The molecule has 2 N–H and O–H groups in total. The van der Waals surface area contributed by atoms with E-state index in [1.807, 2.05) is 36.5 Å². The van der Waals surface area contributed by atoms with E-state index in [2.05, 4.69) is 10.3 Å². The number of non-ortho nitro benzene ring substituents is 1. The van der Waals surface area contributed by atoms with Crippen LogP contribution in [-0.4, -0.2) is 26.9 Å². The Hall–Kier alpha value is -4.64. The van der Waals surface area contributed by atoms with E-state index in [4.69, 9.17) is 0 Å². The molecule has 0 bridgehead atoms. The summed E-state index contributed by atoms with van der Waals surface area (Å²) < 4.78 is 1.68. The van der Waals surface area contributed by atoms with Gasteiger partial charge in [-0.05, 0) is 42.3 Å². The molecule has 2 aromatic heterocycles. The largest absolute Gasteiger partial charge is 0.361 e. The third-order valence-corrected chi connectivity index (χ3v) is 5.11. The minimum atomic E-state index is -0.473. The molecule has 158 valence electrons. The molecule has 0 saturated carbocycles. The summed E-state index contributed by atoms with van der Waals surface area (Å²) in [6.07, 6.45) is 5.73. The van der Waals surface area contributed by atoms with Crippen LogP contribution in [0, 0.1) is 21.4 Å². The van der Waals surface area contributed by atoms with Crippen molar-refractivity contribution in [3.05, 3.63) is 100 Å². The van der Waals surface area contributed by atoms with Crippen LogP contribution in [0.3, 0.4) is 0 Å². The van der Waals surface area contributed by atoms with Crippen LogP contribution >= 0.6 is 0 Å². The first-order chi connectivity index (χ1) is 15.6. The number of nitro benzene ring substituents is 1. The lowest BCUT2D eigenvalue weighted by Crippen LogP contribution is -2.26. The molecule has 0 atom stereocenters. The molecule has 0 saturated heterocycles. The minimum Gasteiger partial charge on any atom is -0.361 e. The number of nitrogens with one attached hydrogen (secondary N) is 2. The Morgan fingerprint density at radius 3 is 2.84 bits per heavy atom. The molecule has 2 heterocycles. The number of aromatic amines is 1. The highest BCUT2D eigenvalue weighted by Crippen LogP contribution is 2.21. The van der Waals surface area contributed by atoms with Crippen molar-refractivity contribution >= 4 is 28.6 Å². The quantitative estimate of drug-likeness (QED) is 0.200. The number of carbonyl (C=O) groups is 1. The highest BCUT2D eigenvalue weighted by atomic mass is 16.6. The van der Waals surface area contributed by atoms with Crippen molar-refractivity contribution in [2.24, 2.45) is 0 Å². The van der Waals surface area contributed by atoms with Crippen molar-refractivity contribution in [2.75, 3.05) is 6.54 Å². The van der Waals surface area contributed by atoms with Gasteiger partial charge in [0.25, 0.3) is 11.6 Å². The minimum absolute atomic E-state index is 0.0401. The number of rotatable bonds is 7. The van der Waals surface area contributed by atoms with E-state index in [0.717, 1.165) is 16.5 Å². The Kier molecular flexibility index (Phi) is 5.81. The van der Waals surface area contributed by atoms with Crippen molar-refractivity contribution in [2.45, 2.75) is 6.42 Å². The summed E-state index contributed by atoms with van der Waals surface area (Å²) in [7, 11) is 0. The van der Waals surface area contributed by atoms with Crippen molar-refractivity contribution in [3.63, 3.8) is 0 Å². The molecule has 0 fully saturated rings. The molecule has 0 unspecified atom stereocenters. The summed E-state index contributed by atoms with van der Waals surface area (Å²) >= 11 is 0. The van der Waals surface area contributed by atoms with E-state index in [1.165, 1.54) is 18.2 Å². The fourth-order valence-electron chi connectivity index (χ4n) is 3.54. The fourth-order valence-corrected chi connectivity index (χ4v) is 3.54. The highest BCUT2D eigenvalue weighted by Gasteiger charge is 2.13. The second-order valence-corrected chi connectivity index (χ2v) is 7.12. The molecular weight excluding hydrogens is 406 g/mol. The van der Waals surface area contributed by atoms with Gasteiger partial charge in [0, 0.05) is 47.7 Å². The number of nitrogens with zero attached hydrogens (tertiary/aromatic N) is 3. The number of nitro groups is 1. The number of aromatic nitrogens is 2. The van der Waals surface area contributed by atoms with E-state index in [-0.39, 0.29) is 11.3 Å². The number of fused-ring (bicyclic) bond motifs is 1. The van der Waals surface area contributed by atoms with Gasteiger partial charge in [-0.25, -0.2) is 0 Å². The second kappa shape index (κ2) is 9.02. The first kappa shape index (κ1) is 20.6. The number of amides is 1. The Bertz CT molecular complexity index is 1370. The predicted molar refractivity (Wildman–Crippen MR) is 121 cm³/mol. The number of hydrogen-bond donors (Lipinski definition) is 2. The highest BCUT2D eigenvalue weighted by molar-refractivity contribution is 6.01. The standard InChI is InChI=1S/C24H19N5O3/c25-15-18(24(30)26-11-10-17-16-27-23-9-2-1-8-22(17)23)13-19-7-4-12-28(19)20-5-3-6-21(14-20)29(31)32/h1-9,12-14,16,27H,10-11H2,(H,26,30)/b18-13-. The van der Waals surface area contributed by atoms with Gasteiger partial charge in [0.05, 0.1) is 10.6 Å². The van der Waals surface area contributed by atoms with E-state index < -0.39 is 10.8 Å². The summed E-state index contributed by atoms with van der Waals surface area (Å²) in [5.41, 5.74) is 3.16. The van der Waals surface area contributed by atoms with Gasteiger partial charge in [0.1, 0.15) is 11.6 Å². The summed E-state index contributed by atoms with van der Waals surface area (Å²) in [5, 5.41) is 24.5. The van der Waals surface area contributed by atoms with E-state index in [9.17, 15) is 20.2 Å². The molecule has 4 aromatic rings. The summed E-state index contributed by atoms with van der Waals surface area (Å²) in [6.45, 7) is 0.381. The maximum atomic E-state index is 12.6. The number of carbonyl (C=O) groups excluding carboxylic acids is 1. The topological polar surface area (TPSA) is 117 Å². The molecule has 0 aliphatic rings. The molecule has 0 radical (unpaired) electrons.